The standard InChI is InChI=1S/C46H52ClN11O4.C2HF3O2/c1-46(2,34-23-31(26-48)24-35(47)25-34)33-7-9-38(10-8-33)62-30-36-13-14-49-44(50-36)55-17-21-57(22-18-55)56-19-15-54(16-20-56)37-28-53(29-37)27-32-5-4-6-39-42(32)52(3)45(61)58(39)40-11-12-41(59)51-43(40)60;3-2(4,5)1(6)7/h4-10,13-14,23-25,37,40H,11-12,15-22,27-30H2,1-3H3,(H,51,59,60);(H,6,7). The molecule has 2 aromatic heterocycles. The van der Waals surface area contributed by atoms with Gasteiger partial charge in [-0.25, -0.2) is 29.6 Å². The number of carbonyl (C=O) groups is 3. The van der Waals surface area contributed by atoms with E-state index >= 15 is 0 Å². The third-order valence-corrected chi connectivity index (χ3v) is 13.7. The topological polar surface area (TPSA) is 185 Å². The molecule has 2 N–H and O–H groups in total. The second-order valence-corrected chi connectivity index (χ2v) is 18.6. The minimum Gasteiger partial charge on any atom is -0.487 e. The highest BCUT2D eigenvalue weighted by atomic mass is 35.5. The molecule has 1 unspecified atom stereocenters. The first-order chi connectivity index (χ1) is 32.9. The fourth-order valence-electron chi connectivity index (χ4n) is 9.48. The van der Waals surface area contributed by atoms with Gasteiger partial charge in [-0.1, -0.05) is 49.7 Å². The molecule has 0 radical (unpaired) electrons. The van der Waals surface area contributed by atoms with Gasteiger partial charge in [0, 0.05) is 108 Å². The van der Waals surface area contributed by atoms with Crippen molar-refractivity contribution in [2.45, 2.75) is 63.5 Å². The van der Waals surface area contributed by atoms with Crippen molar-refractivity contribution in [1.82, 2.24) is 44.2 Å². The van der Waals surface area contributed by atoms with Crippen molar-refractivity contribution in [2.24, 2.45) is 7.05 Å². The van der Waals surface area contributed by atoms with Crippen molar-refractivity contribution in [1.29, 1.82) is 5.26 Å². The van der Waals surface area contributed by atoms with Crippen LogP contribution < -0.4 is 20.6 Å². The molecule has 0 aliphatic carbocycles. The van der Waals surface area contributed by atoms with Crippen molar-refractivity contribution < 1.29 is 37.4 Å². The average molecular weight is 972 g/mol. The summed E-state index contributed by atoms with van der Waals surface area (Å²) in [4.78, 5) is 63.5. The van der Waals surface area contributed by atoms with Gasteiger partial charge in [0.1, 0.15) is 18.4 Å². The van der Waals surface area contributed by atoms with Crippen LogP contribution in [0.2, 0.25) is 5.02 Å². The SMILES string of the molecule is Cn1c(=O)n(C2CCC(=O)NC2=O)c2cccc(CN3CC(N4CCN(N5CCN(c6nccc(COc7ccc(C(C)(C)c8cc(Cl)cc(C#N)c8)cc7)n6)CC5)CC4)C3)c21.O=C(O)C(F)(F)F. The van der Waals surface area contributed by atoms with Gasteiger partial charge in [0.2, 0.25) is 17.8 Å². The molecule has 0 spiro atoms. The van der Waals surface area contributed by atoms with E-state index in [4.69, 9.17) is 31.2 Å². The summed E-state index contributed by atoms with van der Waals surface area (Å²) in [7, 11) is 1.76. The number of piperidine rings is 1. The number of carbonyl (C=O) groups excluding carboxylic acids is 2. The molecule has 4 aliphatic heterocycles. The fourth-order valence-corrected chi connectivity index (χ4v) is 9.72. The van der Waals surface area contributed by atoms with Crippen molar-refractivity contribution >= 4 is 46.4 Å². The first-order valence-electron chi connectivity index (χ1n) is 22.7. The highest BCUT2D eigenvalue weighted by molar-refractivity contribution is 6.30. The van der Waals surface area contributed by atoms with Crippen LogP contribution in [-0.4, -0.2) is 139 Å². The molecular weight excluding hydrogens is 919 g/mol. The number of ether oxygens (including phenoxy) is 1. The van der Waals surface area contributed by atoms with Crippen molar-refractivity contribution in [3.63, 3.8) is 0 Å². The number of hydrazine groups is 1. The Hall–Kier alpha value is -6.37. The Balaban J connectivity index is 0.000000853. The number of fused-ring (bicyclic) bond motifs is 1. The Labute approximate surface area is 401 Å². The maximum absolute atomic E-state index is 13.4. The van der Waals surface area contributed by atoms with Crippen LogP contribution in [0.25, 0.3) is 11.0 Å². The monoisotopic (exact) mass is 971 g/mol. The lowest BCUT2D eigenvalue weighted by molar-refractivity contribution is -0.192. The van der Waals surface area contributed by atoms with E-state index in [0.717, 1.165) is 117 Å². The summed E-state index contributed by atoms with van der Waals surface area (Å²) in [5, 5.41) is 24.5. The largest absolute Gasteiger partial charge is 0.490 e. The number of benzene rings is 3. The van der Waals surface area contributed by atoms with Gasteiger partial charge in [0.25, 0.3) is 0 Å². The minimum absolute atomic E-state index is 0.223. The Bertz CT molecular complexity index is 2810. The van der Waals surface area contributed by atoms with Gasteiger partial charge in [-0.2, -0.15) is 18.4 Å². The van der Waals surface area contributed by atoms with E-state index in [1.165, 1.54) is 0 Å². The van der Waals surface area contributed by atoms with E-state index in [1.54, 1.807) is 22.2 Å². The molecule has 9 rings (SSSR count). The van der Waals surface area contributed by atoms with Crippen molar-refractivity contribution in [3.05, 3.63) is 116 Å². The van der Waals surface area contributed by atoms with Crippen molar-refractivity contribution in [3.8, 4) is 11.8 Å². The van der Waals surface area contributed by atoms with Crippen LogP contribution in [0.3, 0.4) is 0 Å². The first kappa shape index (κ1) is 49.1. The number of hydrogen-bond acceptors (Lipinski definition) is 13. The number of carboxylic acid groups (broad SMARTS) is 1. The Morgan fingerprint density at radius 1 is 0.928 bits per heavy atom. The summed E-state index contributed by atoms with van der Waals surface area (Å²) >= 11 is 6.31. The van der Waals surface area contributed by atoms with E-state index in [2.05, 4.69) is 73.1 Å². The predicted octanol–water partition coefficient (Wildman–Crippen LogP) is 4.71. The molecule has 4 aliphatic rings. The molecule has 364 valence electrons. The number of aliphatic carboxylic acids is 1. The summed E-state index contributed by atoms with van der Waals surface area (Å²) in [6.07, 6.45) is -2.73. The third-order valence-electron chi connectivity index (χ3n) is 13.4. The summed E-state index contributed by atoms with van der Waals surface area (Å²) < 4.78 is 41.1. The second kappa shape index (κ2) is 20.3. The number of imidazole rings is 1. The Kier molecular flexibility index (Phi) is 14.4. The number of aromatic nitrogens is 4. The number of nitrogens with one attached hydrogen (secondary N) is 1. The minimum atomic E-state index is -5.08. The molecule has 2 amide bonds. The van der Waals surface area contributed by atoms with E-state index in [1.807, 2.05) is 48.7 Å². The van der Waals surface area contributed by atoms with Crippen LogP contribution in [0.4, 0.5) is 19.1 Å². The molecule has 0 saturated carbocycles. The lowest BCUT2D eigenvalue weighted by Gasteiger charge is -2.50. The van der Waals surface area contributed by atoms with Gasteiger partial charge >= 0.3 is 17.8 Å². The van der Waals surface area contributed by atoms with Crippen molar-refractivity contribution in [2.75, 3.05) is 70.3 Å². The zero-order chi connectivity index (χ0) is 49.2. The zero-order valence-corrected chi connectivity index (χ0v) is 39.2. The van der Waals surface area contributed by atoms with Gasteiger partial charge in [-0.3, -0.25) is 33.8 Å². The molecular formula is C48H53ClF3N11O6. The van der Waals surface area contributed by atoms with Gasteiger partial charge in [-0.05, 0) is 65.6 Å². The highest BCUT2D eigenvalue weighted by Gasteiger charge is 2.39. The normalized spacial score (nSPS) is 19.1. The molecule has 1 atom stereocenters. The van der Waals surface area contributed by atoms with Crippen LogP contribution in [-0.2, 0) is 40.0 Å². The van der Waals surface area contributed by atoms with Crippen LogP contribution in [0, 0.1) is 11.3 Å². The van der Waals surface area contributed by atoms with Crippen LogP contribution in [0.15, 0.2) is 77.7 Å². The first-order valence-corrected chi connectivity index (χ1v) is 23.1. The molecule has 21 heteroatoms. The molecule has 4 saturated heterocycles. The number of piperazine rings is 2. The molecule has 0 bridgehead atoms. The lowest BCUT2D eigenvalue weighted by atomic mass is 9.78. The van der Waals surface area contributed by atoms with E-state index in [0.29, 0.717) is 29.7 Å². The van der Waals surface area contributed by atoms with Crippen LogP contribution >= 0.6 is 11.6 Å². The van der Waals surface area contributed by atoms with E-state index < -0.39 is 24.1 Å². The second-order valence-electron chi connectivity index (χ2n) is 18.2. The number of amides is 2. The number of halogens is 4. The quantitative estimate of drug-likeness (QED) is 0.174. The number of imide groups is 1. The number of likely N-dealkylation sites (tertiary alicyclic amines) is 1. The fraction of sp³-hybridized carbons (Fsp3) is 0.438. The number of para-hydroxylation sites is 1. The molecule has 6 heterocycles. The number of rotatable bonds is 11. The number of carboxylic acids is 1. The maximum atomic E-state index is 13.4. The molecule has 3 aromatic carbocycles. The average Bonchev–Trinajstić information content (AvgIpc) is 3.58. The lowest BCUT2D eigenvalue weighted by Crippen LogP contribution is -2.65. The zero-order valence-electron chi connectivity index (χ0n) is 38.5. The highest BCUT2D eigenvalue weighted by Crippen LogP contribution is 2.35. The number of nitriles is 1. The van der Waals surface area contributed by atoms with Gasteiger partial charge in [0.15, 0.2) is 0 Å². The molecule has 69 heavy (non-hydrogen) atoms. The maximum Gasteiger partial charge on any atom is 0.490 e. The molecule has 4 fully saturated rings. The molecule has 17 nitrogen and oxygen atoms in total. The Morgan fingerprint density at radius 3 is 2.23 bits per heavy atom. The number of anilines is 1. The van der Waals surface area contributed by atoms with E-state index in [9.17, 15) is 32.8 Å². The number of hydrogen-bond donors (Lipinski definition) is 2. The summed E-state index contributed by atoms with van der Waals surface area (Å²) in [6.45, 7) is 14.8. The van der Waals surface area contributed by atoms with Gasteiger partial charge in [-0.15, -0.1) is 0 Å². The Morgan fingerprint density at radius 2 is 1.59 bits per heavy atom. The van der Waals surface area contributed by atoms with Gasteiger partial charge in [0.05, 0.1) is 28.4 Å². The predicted molar refractivity (Wildman–Crippen MR) is 249 cm³/mol. The summed E-state index contributed by atoms with van der Waals surface area (Å²) in [5.74, 6) is -1.99. The number of alkyl halides is 3. The third kappa shape index (κ3) is 10.9. The summed E-state index contributed by atoms with van der Waals surface area (Å²) in [5.41, 5.74) is 5.50. The number of aryl methyl sites for hydroxylation is 1. The van der Waals surface area contributed by atoms with Crippen LogP contribution in [0.1, 0.15) is 60.7 Å². The van der Waals surface area contributed by atoms with E-state index in [-0.39, 0.29) is 23.4 Å². The molecule has 5 aromatic rings. The summed E-state index contributed by atoms with van der Waals surface area (Å²) in [6, 6.07) is 23.4. The van der Waals surface area contributed by atoms with Crippen LogP contribution in [0.5, 0.6) is 5.75 Å². The smallest absolute Gasteiger partial charge is 0.487 e. The van der Waals surface area contributed by atoms with Gasteiger partial charge < -0.3 is 14.7 Å². The number of nitrogens with zero attached hydrogens (tertiary/aromatic N) is 10.